The van der Waals surface area contributed by atoms with Crippen LogP contribution in [0, 0.1) is 18.8 Å². The summed E-state index contributed by atoms with van der Waals surface area (Å²) in [5, 5.41) is 3.14. The predicted octanol–water partition coefficient (Wildman–Crippen LogP) is 6.08. The molecule has 4 aliphatic carbocycles. The Hall–Kier alpha value is -1.80. The van der Waals surface area contributed by atoms with Gasteiger partial charge >= 0.3 is 0 Å². The van der Waals surface area contributed by atoms with Gasteiger partial charge in [0.1, 0.15) is 0 Å². The molecule has 0 aliphatic heterocycles. The van der Waals surface area contributed by atoms with Gasteiger partial charge in [0.25, 0.3) is 5.91 Å². The second kappa shape index (κ2) is 6.10. The molecule has 27 heavy (non-hydrogen) atoms. The third-order valence-electron chi connectivity index (χ3n) is 7.12. The van der Waals surface area contributed by atoms with Crippen molar-refractivity contribution in [2.24, 2.45) is 11.8 Å². The van der Waals surface area contributed by atoms with Gasteiger partial charge in [-0.15, -0.1) is 11.6 Å². The van der Waals surface area contributed by atoms with Crippen LogP contribution in [0.25, 0.3) is 0 Å². The lowest BCUT2D eigenvalue weighted by molar-refractivity contribution is 0.00900. The fraction of sp³-hybridized carbons (Fsp3) is 0.458. The predicted molar refractivity (Wildman–Crippen MR) is 111 cm³/mol. The lowest BCUT2D eigenvalue weighted by Gasteiger charge is -2.60. The van der Waals surface area contributed by atoms with Crippen molar-refractivity contribution in [2.75, 3.05) is 5.32 Å². The van der Waals surface area contributed by atoms with E-state index in [0.29, 0.717) is 5.56 Å². The molecule has 4 saturated carbocycles. The molecule has 140 valence electrons. The van der Waals surface area contributed by atoms with Gasteiger partial charge < -0.3 is 5.32 Å². The van der Waals surface area contributed by atoms with Crippen molar-refractivity contribution in [3.63, 3.8) is 0 Å². The zero-order valence-corrected chi connectivity index (χ0v) is 16.6. The van der Waals surface area contributed by atoms with E-state index in [-0.39, 0.29) is 16.2 Å². The van der Waals surface area contributed by atoms with E-state index in [9.17, 15) is 4.79 Å². The van der Waals surface area contributed by atoms with Crippen LogP contribution >= 0.6 is 11.6 Å². The minimum atomic E-state index is -0.0461. The van der Waals surface area contributed by atoms with Crippen LogP contribution in [0.15, 0.2) is 48.5 Å². The highest BCUT2D eigenvalue weighted by molar-refractivity contribution is 6.24. The average Bonchev–Trinajstić information content (AvgIpc) is 2.62. The third kappa shape index (κ3) is 2.99. The standard InChI is InChI=1S/C24H26ClNO/c1-16-7-8-20(10-21(16)26-22(27)19-5-3-2-4-6-19)23-11-17-9-18(12-23)14-24(25,13-17)15-23/h2-8,10,17-18H,9,11-15H2,1H3,(H,26,27)/t17-,18+,23?,24?. The van der Waals surface area contributed by atoms with Gasteiger partial charge in [-0.2, -0.15) is 0 Å². The molecule has 0 aromatic heterocycles. The molecule has 3 heteroatoms. The van der Waals surface area contributed by atoms with E-state index in [2.05, 4.69) is 30.4 Å². The smallest absolute Gasteiger partial charge is 0.255 e. The zero-order valence-electron chi connectivity index (χ0n) is 15.8. The van der Waals surface area contributed by atoms with Gasteiger partial charge in [-0.1, -0.05) is 30.3 Å². The first-order valence-corrected chi connectivity index (χ1v) is 10.5. The number of rotatable bonds is 3. The molecule has 1 amide bonds. The van der Waals surface area contributed by atoms with E-state index in [1.807, 2.05) is 30.3 Å². The molecule has 4 bridgehead atoms. The van der Waals surface area contributed by atoms with Crippen molar-refractivity contribution < 1.29 is 4.79 Å². The van der Waals surface area contributed by atoms with E-state index < -0.39 is 0 Å². The van der Waals surface area contributed by atoms with Crippen molar-refractivity contribution in [2.45, 2.75) is 55.7 Å². The lowest BCUT2D eigenvalue weighted by atomic mass is 9.47. The molecular formula is C24H26ClNO. The monoisotopic (exact) mass is 379 g/mol. The van der Waals surface area contributed by atoms with Crippen molar-refractivity contribution in [3.05, 3.63) is 65.2 Å². The zero-order chi connectivity index (χ0) is 18.6. The molecular weight excluding hydrogens is 354 g/mol. The van der Waals surface area contributed by atoms with Crippen LogP contribution in [0.2, 0.25) is 0 Å². The Morgan fingerprint density at radius 2 is 1.74 bits per heavy atom. The fourth-order valence-electron chi connectivity index (χ4n) is 6.36. The molecule has 2 unspecified atom stereocenters. The Labute approximate surface area is 166 Å². The average molecular weight is 380 g/mol. The van der Waals surface area contributed by atoms with Gasteiger partial charge in [0.05, 0.1) is 0 Å². The van der Waals surface area contributed by atoms with Gasteiger partial charge in [0.15, 0.2) is 0 Å². The van der Waals surface area contributed by atoms with Gasteiger partial charge in [-0.3, -0.25) is 4.79 Å². The number of amides is 1. The molecule has 4 fully saturated rings. The highest BCUT2D eigenvalue weighted by Gasteiger charge is 2.57. The highest BCUT2D eigenvalue weighted by Crippen LogP contribution is 2.64. The molecule has 2 nitrogen and oxygen atoms in total. The van der Waals surface area contributed by atoms with Crippen molar-refractivity contribution >= 4 is 23.2 Å². The van der Waals surface area contributed by atoms with Crippen molar-refractivity contribution in [3.8, 4) is 0 Å². The second-order valence-electron chi connectivity index (χ2n) is 9.24. The Morgan fingerprint density at radius 3 is 2.41 bits per heavy atom. The van der Waals surface area contributed by atoms with E-state index in [4.69, 9.17) is 11.6 Å². The van der Waals surface area contributed by atoms with E-state index in [1.54, 1.807) is 0 Å². The van der Waals surface area contributed by atoms with Gasteiger partial charge in [-0.05, 0) is 92.0 Å². The Kier molecular flexibility index (Phi) is 3.91. The quantitative estimate of drug-likeness (QED) is 0.643. The summed E-state index contributed by atoms with van der Waals surface area (Å²) < 4.78 is 0. The summed E-state index contributed by atoms with van der Waals surface area (Å²) in [6.45, 7) is 2.06. The highest BCUT2D eigenvalue weighted by atomic mass is 35.5. The molecule has 1 N–H and O–H groups in total. The van der Waals surface area contributed by atoms with Crippen LogP contribution < -0.4 is 5.32 Å². The van der Waals surface area contributed by atoms with E-state index >= 15 is 0 Å². The lowest BCUT2D eigenvalue weighted by Crippen LogP contribution is -2.55. The summed E-state index contributed by atoms with van der Waals surface area (Å²) in [6.07, 6.45) is 7.34. The molecule has 4 aliphatic rings. The van der Waals surface area contributed by atoms with Crippen LogP contribution in [-0.2, 0) is 5.41 Å². The first-order chi connectivity index (χ1) is 12.9. The van der Waals surface area contributed by atoms with Crippen molar-refractivity contribution in [1.29, 1.82) is 0 Å². The number of halogens is 1. The second-order valence-corrected chi connectivity index (χ2v) is 10.0. The SMILES string of the molecule is Cc1ccc(C23C[C@@H]4C[C@@H](CC(Cl)(C4)C2)C3)cc1NC(=O)c1ccccc1. The first kappa shape index (κ1) is 17.3. The molecule has 0 radical (unpaired) electrons. The molecule has 4 atom stereocenters. The van der Waals surface area contributed by atoms with Crippen molar-refractivity contribution in [1.82, 2.24) is 0 Å². The largest absolute Gasteiger partial charge is 0.322 e. The maximum atomic E-state index is 12.6. The number of aryl methyl sites for hydroxylation is 1. The summed E-state index contributed by atoms with van der Waals surface area (Å²) in [5.41, 5.74) is 4.30. The maximum absolute atomic E-state index is 12.6. The number of benzene rings is 2. The fourth-order valence-corrected chi connectivity index (χ4v) is 7.05. The van der Waals surface area contributed by atoms with E-state index in [1.165, 1.54) is 37.7 Å². The maximum Gasteiger partial charge on any atom is 0.255 e. The molecule has 2 aromatic rings. The number of alkyl halides is 1. The number of hydrogen-bond acceptors (Lipinski definition) is 1. The molecule has 2 aromatic carbocycles. The number of nitrogens with one attached hydrogen (secondary N) is 1. The van der Waals surface area contributed by atoms with Crippen LogP contribution in [0.1, 0.15) is 60.0 Å². The summed E-state index contributed by atoms with van der Waals surface area (Å²) in [4.78, 5) is 12.6. The normalized spacial score (nSPS) is 33.9. The summed E-state index contributed by atoms with van der Waals surface area (Å²) in [6, 6.07) is 16.1. The van der Waals surface area contributed by atoms with Gasteiger partial charge in [0, 0.05) is 16.1 Å². The molecule has 0 saturated heterocycles. The Balaban J connectivity index is 1.47. The molecule has 0 heterocycles. The molecule has 0 spiro atoms. The van der Waals surface area contributed by atoms with Gasteiger partial charge in [0.2, 0.25) is 0 Å². The number of hydrogen-bond donors (Lipinski definition) is 1. The Bertz CT molecular complexity index is 877. The molecule has 6 rings (SSSR count). The summed E-state index contributed by atoms with van der Waals surface area (Å²) >= 11 is 7.04. The minimum absolute atomic E-state index is 0.00240. The van der Waals surface area contributed by atoms with E-state index in [0.717, 1.165) is 29.5 Å². The van der Waals surface area contributed by atoms with Crippen LogP contribution in [0.5, 0.6) is 0 Å². The number of anilines is 1. The summed E-state index contributed by atoms with van der Waals surface area (Å²) in [7, 11) is 0. The van der Waals surface area contributed by atoms with Gasteiger partial charge in [-0.25, -0.2) is 0 Å². The van der Waals surface area contributed by atoms with Crippen LogP contribution in [-0.4, -0.2) is 10.8 Å². The minimum Gasteiger partial charge on any atom is -0.322 e. The van der Waals surface area contributed by atoms with Crippen LogP contribution in [0.3, 0.4) is 0 Å². The Morgan fingerprint density at radius 1 is 1.04 bits per heavy atom. The van der Waals surface area contributed by atoms with Crippen LogP contribution in [0.4, 0.5) is 5.69 Å². The third-order valence-corrected chi connectivity index (χ3v) is 7.57. The summed E-state index contributed by atoms with van der Waals surface area (Å²) in [5.74, 6) is 1.50. The number of carbonyl (C=O) groups excluding carboxylic acids is 1. The topological polar surface area (TPSA) is 29.1 Å². The first-order valence-electron chi connectivity index (χ1n) is 10.1. The number of carbonyl (C=O) groups is 1.